The SMILES string of the molecule is CC(=O)c1ccc(OCC(=O)N2CCC[C@H](c3[nH]ncc3-c3ccccc3)C2)cc1. The molecular formula is C24H25N3O3. The first-order valence-electron chi connectivity index (χ1n) is 10.2. The van der Waals surface area contributed by atoms with E-state index in [0.29, 0.717) is 17.9 Å². The predicted octanol–water partition coefficient (Wildman–Crippen LogP) is 4.06. The molecule has 0 saturated carbocycles. The Kier molecular flexibility index (Phi) is 5.93. The Hall–Kier alpha value is -3.41. The van der Waals surface area contributed by atoms with Crippen molar-refractivity contribution >= 4 is 11.7 Å². The summed E-state index contributed by atoms with van der Waals surface area (Å²) in [6.45, 7) is 2.89. The minimum absolute atomic E-state index is 0.00524. The normalized spacial score (nSPS) is 16.3. The summed E-state index contributed by atoms with van der Waals surface area (Å²) >= 11 is 0. The number of carbonyl (C=O) groups excluding carboxylic acids is 2. The van der Waals surface area contributed by atoms with Crippen molar-refractivity contribution in [2.45, 2.75) is 25.7 Å². The van der Waals surface area contributed by atoms with Gasteiger partial charge in [-0.3, -0.25) is 14.7 Å². The van der Waals surface area contributed by atoms with Crippen LogP contribution in [0.3, 0.4) is 0 Å². The minimum Gasteiger partial charge on any atom is -0.484 e. The lowest BCUT2D eigenvalue weighted by atomic mass is 9.90. The second kappa shape index (κ2) is 8.95. The molecule has 0 aliphatic carbocycles. The summed E-state index contributed by atoms with van der Waals surface area (Å²) in [4.78, 5) is 26.0. The second-order valence-corrected chi connectivity index (χ2v) is 7.61. The molecule has 1 saturated heterocycles. The van der Waals surface area contributed by atoms with E-state index in [4.69, 9.17) is 4.74 Å². The molecule has 1 N–H and O–H groups in total. The fraction of sp³-hybridized carbons (Fsp3) is 0.292. The van der Waals surface area contributed by atoms with E-state index in [2.05, 4.69) is 22.3 Å². The number of benzene rings is 2. The Bertz CT molecular complexity index is 1010. The number of ketones is 1. The summed E-state index contributed by atoms with van der Waals surface area (Å²) < 4.78 is 5.65. The molecule has 1 amide bonds. The van der Waals surface area contributed by atoms with Gasteiger partial charge in [0.25, 0.3) is 5.91 Å². The van der Waals surface area contributed by atoms with E-state index in [-0.39, 0.29) is 24.2 Å². The van der Waals surface area contributed by atoms with Gasteiger partial charge in [0.1, 0.15) is 5.75 Å². The third-order valence-electron chi connectivity index (χ3n) is 5.56. The van der Waals surface area contributed by atoms with Crippen LogP contribution in [-0.4, -0.2) is 46.5 Å². The summed E-state index contributed by atoms with van der Waals surface area (Å²) in [7, 11) is 0. The van der Waals surface area contributed by atoms with Gasteiger partial charge in [-0.05, 0) is 49.6 Å². The number of H-pyrrole nitrogens is 1. The lowest BCUT2D eigenvalue weighted by Gasteiger charge is -2.32. The van der Waals surface area contributed by atoms with Crippen LogP contribution in [0.1, 0.15) is 41.7 Å². The zero-order valence-corrected chi connectivity index (χ0v) is 17.0. The van der Waals surface area contributed by atoms with E-state index in [9.17, 15) is 9.59 Å². The monoisotopic (exact) mass is 403 g/mol. The Morgan fingerprint density at radius 3 is 2.63 bits per heavy atom. The Labute approximate surface area is 175 Å². The summed E-state index contributed by atoms with van der Waals surface area (Å²) in [5.74, 6) is 0.777. The van der Waals surface area contributed by atoms with Crippen molar-refractivity contribution < 1.29 is 14.3 Å². The van der Waals surface area contributed by atoms with Crippen molar-refractivity contribution in [3.63, 3.8) is 0 Å². The van der Waals surface area contributed by atoms with Gasteiger partial charge in [0.05, 0.1) is 6.20 Å². The van der Waals surface area contributed by atoms with Crippen LogP contribution < -0.4 is 4.74 Å². The Morgan fingerprint density at radius 2 is 1.90 bits per heavy atom. The molecule has 1 aliphatic heterocycles. The number of aromatic amines is 1. The van der Waals surface area contributed by atoms with E-state index in [0.717, 1.165) is 36.2 Å². The second-order valence-electron chi connectivity index (χ2n) is 7.61. The molecule has 0 radical (unpaired) electrons. The molecular weight excluding hydrogens is 378 g/mol. The maximum atomic E-state index is 12.7. The molecule has 1 aromatic heterocycles. The molecule has 3 aromatic rings. The van der Waals surface area contributed by atoms with Gasteiger partial charge in [0, 0.05) is 35.8 Å². The predicted molar refractivity (Wildman–Crippen MR) is 115 cm³/mol. The quantitative estimate of drug-likeness (QED) is 0.630. The number of nitrogens with one attached hydrogen (secondary N) is 1. The smallest absolute Gasteiger partial charge is 0.260 e. The van der Waals surface area contributed by atoms with Crippen LogP contribution in [-0.2, 0) is 4.79 Å². The fourth-order valence-electron chi connectivity index (χ4n) is 3.92. The van der Waals surface area contributed by atoms with Gasteiger partial charge in [-0.15, -0.1) is 0 Å². The zero-order valence-electron chi connectivity index (χ0n) is 17.0. The number of hydrogen-bond acceptors (Lipinski definition) is 4. The van der Waals surface area contributed by atoms with Gasteiger partial charge in [0.15, 0.2) is 12.4 Å². The zero-order chi connectivity index (χ0) is 20.9. The minimum atomic E-state index is -0.0314. The van der Waals surface area contributed by atoms with Crippen molar-refractivity contribution in [3.05, 3.63) is 72.1 Å². The van der Waals surface area contributed by atoms with Crippen LogP contribution in [0.15, 0.2) is 60.8 Å². The van der Waals surface area contributed by atoms with Crippen molar-refractivity contribution in [1.29, 1.82) is 0 Å². The van der Waals surface area contributed by atoms with Gasteiger partial charge in [-0.25, -0.2) is 0 Å². The largest absolute Gasteiger partial charge is 0.484 e. The van der Waals surface area contributed by atoms with Gasteiger partial charge >= 0.3 is 0 Å². The molecule has 4 rings (SSSR count). The lowest BCUT2D eigenvalue weighted by Crippen LogP contribution is -2.41. The van der Waals surface area contributed by atoms with E-state index >= 15 is 0 Å². The number of carbonyl (C=O) groups is 2. The average Bonchev–Trinajstić information content (AvgIpc) is 3.28. The highest BCUT2D eigenvalue weighted by Crippen LogP contribution is 2.33. The van der Waals surface area contributed by atoms with Crippen LogP contribution in [0.5, 0.6) is 5.75 Å². The number of piperidine rings is 1. The Balaban J connectivity index is 1.39. The third kappa shape index (κ3) is 4.43. The molecule has 2 aromatic carbocycles. The molecule has 0 bridgehead atoms. The van der Waals surface area contributed by atoms with Crippen molar-refractivity contribution in [3.8, 4) is 16.9 Å². The topological polar surface area (TPSA) is 75.3 Å². The summed E-state index contributed by atoms with van der Waals surface area (Å²) in [6.07, 6.45) is 3.81. The van der Waals surface area contributed by atoms with Crippen LogP contribution >= 0.6 is 0 Å². The van der Waals surface area contributed by atoms with E-state index < -0.39 is 0 Å². The first kappa shape index (κ1) is 19.9. The number of amides is 1. The first-order chi connectivity index (χ1) is 14.6. The highest BCUT2D eigenvalue weighted by atomic mass is 16.5. The third-order valence-corrected chi connectivity index (χ3v) is 5.56. The van der Waals surface area contributed by atoms with Crippen LogP contribution in [0.2, 0.25) is 0 Å². The highest BCUT2D eigenvalue weighted by molar-refractivity contribution is 5.94. The molecule has 1 fully saturated rings. The highest BCUT2D eigenvalue weighted by Gasteiger charge is 2.27. The first-order valence-corrected chi connectivity index (χ1v) is 10.2. The van der Waals surface area contributed by atoms with Gasteiger partial charge < -0.3 is 9.64 Å². The van der Waals surface area contributed by atoms with Gasteiger partial charge in [-0.2, -0.15) is 5.10 Å². The number of Topliss-reactive ketones (excluding diaryl/α,β-unsaturated/α-hetero) is 1. The molecule has 154 valence electrons. The summed E-state index contributed by atoms with van der Waals surface area (Å²) in [6, 6.07) is 17.0. The van der Waals surface area contributed by atoms with Crippen molar-refractivity contribution in [2.75, 3.05) is 19.7 Å². The number of hydrogen-bond donors (Lipinski definition) is 1. The van der Waals surface area contributed by atoms with Crippen LogP contribution in [0, 0.1) is 0 Å². The van der Waals surface area contributed by atoms with Crippen LogP contribution in [0.25, 0.3) is 11.1 Å². The molecule has 1 atom stereocenters. The van der Waals surface area contributed by atoms with E-state index in [1.807, 2.05) is 29.3 Å². The molecule has 6 heteroatoms. The maximum Gasteiger partial charge on any atom is 0.260 e. The average molecular weight is 403 g/mol. The standard InChI is InChI=1S/C24H25N3O3/c1-17(28)18-9-11-21(12-10-18)30-16-23(29)27-13-5-8-20(15-27)24-22(14-25-26-24)19-6-3-2-4-7-19/h2-4,6-7,9-12,14,20H,5,8,13,15-16H2,1H3,(H,25,26)/t20-/m0/s1. The van der Waals surface area contributed by atoms with E-state index in [1.54, 1.807) is 24.3 Å². The lowest BCUT2D eigenvalue weighted by molar-refractivity contribution is -0.134. The number of ether oxygens (including phenoxy) is 1. The van der Waals surface area contributed by atoms with E-state index in [1.165, 1.54) is 6.92 Å². The molecule has 6 nitrogen and oxygen atoms in total. The number of nitrogens with zero attached hydrogens (tertiary/aromatic N) is 2. The van der Waals surface area contributed by atoms with Gasteiger partial charge in [-0.1, -0.05) is 30.3 Å². The van der Waals surface area contributed by atoms with Crippen molar-refractivity contribution in [2.24, 2.45) is 0 Å². The maximum absolute atomic E-state index is 12.7. The Morgan fingerprint density at radius 1 is 1.13 bits per heavy atom. The molecule has 1 aliphatic rings. The van der Waals surface area contributed by atoms with Crippen LogP contribution in [0.4, 0.5) is 0 Å². The van der Waals surface area contributed by atoms with Crippen molar-refractivity contribution in [1.82, 2.24) is 15.1 Å². The van der Waals surface area contributed by atoms with Gasteiger partial charge in [0.2, 0.25) is 0 Å². The number of rotatable bonds is 6. The molecule has 0 spiro atoms. The fourth-order valence-corrected chi connectivity index (χ4v) is 3.92. The summed E-state index contributed by atoms with van der Waals surface area (Å²) in [5, 5.41) is 7.42. The molecule has 2 heterocycles. The summed E-state index contributed by atoms with van der Waals surface area (Å²) in [5.41, 5.74) is 3.93. The number of aromatic nitrogens is 2. The molecule has 0 unspecified atom stereocenters. The number of likely N-dealkylation sites (tertiary alicyclic amines) is 1. The molecule has 30 heavy (non-hydrogen) atoms.